The second kappa shape index (κ2) is 5.21. The smallest absolute Gasteiger partial charge is 0.176 e. The number of benzene rings is 1. The van der Waals surface area contributed by atoms with Crippen LogP contribution in [0.2, 0.25) is 0 Å². The minimum Gasteiger partial charge on any atom is -0.493 e. The zero-order valence-electron chi connectivity index (χ0n) is 10.2. The second-order valence-electron chi connectivity index (χ2n) is 3.99. The standard InChI is InChI=1S/C13H18N2O2/c1-9(15-7-6-14)12-8-10-4-3-5-11(16-2)13(10)17-12/h3-5,8-9,15H,6-7,14H2,1-2H3. The molecule has 0 amide bonds. The Kier molecular flexibility index (Phi) is 3.66. The molecule has 1 aromatic carbocycles. The molecule has 1 atom stereocenters. The molecule has 0 aliphatic heterocycles. The van der Waals surface area contributed by atoms with E-state index in [1.807, 2.05) is 24.3 Å². The van der Waals surface area contributed by atoms with Crippen LogP contribution < -0.4 is 15.8 Å². The molecule has 1 unspecified atom stereocenters. The van der Waals surface area contributed by atoms with E-state index in [4.69, 9.17) is 14.9 Å². The van der Waals surface area contributed by atoms with Gasteiger partial charge in [0.2, 0.25) is 0 Å². The van der Waals surface area contributed by atoms with Crippen LogP contribution in [0.15, 0.2) is 28.7 Å². The van der Waals surface area contributed by atoms with E-state index < -0.39 is 0 Å². The van der Waals surface area contributed by atoms with Crippen LogP contribution in [-0.2, 0) is 0 Å². The van der Waals surface area contributed by atoms with Crippen LogP contribution in [0.1, 0.15) is 18.7 Å². The van der Waals surface area contributed by atoms with Crippen molar-refractivity contribution >= 4 is 11.0 Å². The molecule has 4 nitrogen and oxygen atoms in total. The van der Waals surface area contributed by atoms with Gasteiger partial charge in [0.1, 0.15) is 5.76 Å². The number of methoxy groups -OCH3 is 1. The van der Waals surface area contributed by atoms with Crippen LogP contribution >= 0.6 is 0 Å². The molecule has 0 saturated carbocycles. The third kappa shape index (κ3) is 2.43. The molecular formula is C13H18N2O2. The highest BCUT2D eigenvalue weighted by atomic mass is 16.5. The molecule has 0 bridgehead atoms. The van der Waals surface area contributed by atoms with Crippen molar-refractivity contribution in [1.82, 2.24) is 5.32 Å². The topological polar surface area (TPSA) is 60.4 Å². The van der Waals surface area contributed by atoms with E-state index >= 15 is 0 Å². The maximum absolute atomic E-state index is 5.82. The van der Waals surface area contributed by atoms with Crippen molar-refractivity contribution in [3.05, 3.63) is 30.0 Å². The quantitative estimate of drug-likeness (QED) is 0.831. The first-order chi connectivity index (χ1) is 8.26. The number of ether oxygens (including phenoxy) is 1. The molecule has 1 aromatic heterocycles. The average Bonchev–Trinajstić information content (AvgIpc) is 2.79. The van der Waals surface area contributed by atoms with Gasteiger partial charge in [-0.2, -0.15) is 0 Å². The number of furan rings is 1. The molecule has 0 saturated heterocycles. The average molecular weight is 234 g/mol. The molecular weight excluding hydrogens is 216 g/mol. The van der Waals surface area contributed by atoms with Gasteiger partial charge in [-0.3, -0.25) is 0 Å². The molecule has 2 rings (SSSR count). The summed E-state index contributed by atoms with van der Waals surface area (Å²) in [6, 6.07) is 8.05. The minimum atomic E-state index is 0.149. The third-order valence-electron chi connectivity index (χ3n) is 2.77. The van der Waals surface area contributed by atoms with Gasteiger partial charge in [0.05, 0.1) is 13.2 Å². The molecule has 0 fully saturated rings. The number of para-hydroxylation sites is 1. The first-order valence-corrected chi connectivity index (χ1v) is 5.76. The largest absolute Gasteiger partial charge is 0.493 e. The molecule has 92 valence electrons. The van der Waals surface area contributed by atoms with Gasteiger partial charge in [-0.1, -0.05) is 12.1 Å². The van der Waals surface area contributed by atoms with E-state index in [2.05, 4.69) is 12.2 Å². The van der Waals surface area contributed by atoms with Gasteiger partial charge in [0.15, 0.2) is 11.3 Å². The van der Waals surface area contributed by atoms with Gasteiger partial charge < -0.3 is 20.2 Å². The lowest BCUT2D eigenvalue weighted by Gasteiger charge is -2.09. The molecule has 4 heteroatoms. The summed E-state index contributed by atoms with van der Waals surface area (Å²) in [6.45, 7) is 3.45. The van der Waals surface area contributed by atoms with E-state index in [1.165, 1.54) is 0 Å². The Bertz CT molecular complexity index is 493. The van der Waals surface area contributed by atoms with Crippen LogP contribution in [0.5, 0.6) is 5.75 Å². The van der Waals surface area contributed by atoms with E-state index in [9.17, 15) is 0 Å². The number of hydrogen-bond donors (Lipinski definition) is 2. The van der Waals surface area contributed by atoms with Gasteiger partial charge in [0.25, 0.3) is 0 Å². The highest BCUT2D eigenvalue weighted by Crippen LogP contribution is 2.30. The normalized spacial score (nSPS) is 12.9. The van der Waals surface area contributed by atoms with Crippen molar-refractivity contribution in [2.75, 3.05) is 20.2 Å². The van der Waals surface area contributed by atoms with Crippen LogP contribution in [0.4, 0.5) is 0 Å². The fraction of sp³-hybridized carbons (Fsp3) is 0.385. The molecule has 0 aliphatic carbocycles. The Balaban J connectivity index is 2.31. The number of rotatable bonds is 5. The van der Waals surface area contributed by atoms with Gasteiger partial charge in [0, 0.05) is 18.5 Å². The van der Waals surface area contributed by atoms with Crippen molar-refractivity contribution in [1.29, 1.82) is 0 Å². The Morgan fingerprint density at radius 2 is 2.29 bits per heavy atom. The summed E-state index contributed by atoms with van der Waals surface area (Å²) < 4.78 is 11.1. The summed E-state index contributed by atoms with van der Waals surface area (Å²) in [5.74, 6) is 1.66. The molecule has 1 heterocycles. The zero-order chi connectivity index (χ0) is 12.3. The van der Waals surface area contributed by atoms with Crippen molar-refractivity contribution in [2.45, 2.75) is 13.0 Å². The summed E-state index contributed by atoms with van der Waals surface area (Å²) in [7, 11) is 1.65. The molecule has 3 N–H and O–H groups in total. The highest BCUT2D eigenvalue weighted by molar-refractivity contribution is 5.83. The number of nitrogens with one attached hydrogen (secondary N) is 1. The predicted octanol–water partition coefficient (Wildman–Crippen LogP) is 2.05. The van der Waals surface area contributed by atoms with Crippen molar-refractivity contribution < 1.29 is 9.15 Å². The Morgan fingerprint density at radius 3 is 3.00 bits per heavy atom. The zero-order valence-corrected chi connectivity index (χ0v) is 10.2. The highest BCUT2D eigenvalue weighted by Gasteiger charge is 2.13. The van der Waals surface area contributed by atoms with Crippen molar-refractivity contribution in [2.24, 2.45) is 5.73 Å². The summed E-state index contributed by atoms with van der Waals surface area (Å²) in [4.78, 5) is 0. The van der Waals surface area contributed by atoms with Crippen LogP contribution in [-0.4, -0.2) is 20.2 Å². The fourth-order valence-electron chi connectivity index (χ4n) is 1.83. The number of nitrogens with two attached hydrogens (primary N) is 1. The van der Waals surface area contributed by atoms with E-state index in [-0.39, 0.29) is 6.04 Å². The van der Waals surface area contributed by atoms with E-state index in [1.54, 1.807) is 7.11 Å². The summed E-state index contributed by atoms with van der Waals surface area (Å²) in [5.41, 5.74) is 6.26. The third-order valence-corrected chi connectivity index (χ3v) is 2.77. The van der Waals surface area contributed by atoms with Crippen molar-refractivity contribution in [3.63, 3.8) is 0 Å². The summed E-state index contributed by atoms with van der Waals surface area (Å²) in [6.07, 6.45) is 0. The maximum atomic E-state index is 5.82. The van der Waals surface area contributed by atoms with Gasteiger partial charge in [-0.15, -0.1) is 0 Å². The minimum absolute atomic E-state index is 0.149. The van der Waals surface area contributed by atoms with Gasteiger partial charge >= 0.3 is 0 Å². The lowest BCUT2D eigenvalue weighted by molar-refractivity contribution is 0.400. The second-order valence-corrected chi connectivity index (χ2v) is 3.99. The Labute approximate surface area is 101 Å². The predicted molar refractivity (Wildman–Crippen MR) is 68.2 cm³/mol. The molecule has 2 aromatic rings. The van der Waals surface area contributed by atoms with Crippen LogP contribution in [0.25, 0.3) is 11.0 Å². The molecule has 0 spiro atoms. The Hall–Kier alpha value is -1.52. The molecule has 0 aliphatic rings. The Morgan fingerprint density at radius 1 is 1.47 bits per heavy atom. The fourth-order valence-corrected chi connectivity index (χ4v) is 1.83. The number of fused-ring (bicyclic) bond motifs is 1. The van der Waals surface area contributed by atoms with Crippen molar-refractivity contribution in [3.8, 4) is 5.75 Å². The lowest BCUT2D eigenvalue weighted by Crippen LogP contribution is -2.25. The lowest BCUT2D eigenvalue weighted by atomic mass is 10.2. The van der Waals surface area contributed by atoms with Crippen LogP contribution in [0, 0.1) is 0 Å². The monoisotopic (exact) mass is 234 g/mol. The first kappa shape index (κ1) is 12.0. The molecule has 17 heavy (non-hydrogen) atoms. The number of hydrogen-bond acceptors (Lipinski definition) is 4. The van der Waals surface area contributed by atoms with Gasteiger partial charge in [-0.05, 0) is 19.1 Å². The maximum Gasteiger partial charge on any atom is 0.176 e. The van der Waals surface area contributed by atoms with Gasteiger partial charge in [-0.25, -0.2) is 0 Å². The SMILES string of the molecule is COc1cccc2cc(C(C)NCCN)oc12. The summed E-state index contributed by atoms with van der Waals surface area (Å²) >= 11 is 0. The summed E-state index contributed by atoms with van der Waals surface area (Å²) in [5, 5.41) is 4.34. The van der Waals surface area contributed by atoms with Crippen LogP contribution in [0.3, 0.4) is 0 Å². The van der Waals surface area contributed by atoms with E-state index in [0.717, 1.165) is 29.0 Å². The van der Waals surface area contributed by atoms with E-state index in [0.29, 0.717) is 6.54 Å². The molecule has 0 radical (unpaired) electrons. The first-order valence-electron chi connectivity index (χ1n) is 5.76.